The van der Waals surface area contributed by atoms with Crippen LogP contribution in [0.5, 0.6) is 0 Å². The van der Waals surface area contributed by atoms with Crippen molar-refractivity contribution in [3.05, 3.63) is 252 Å². The second-order valence-corrected chi connectivity index (χ2v) is 20.9. The van der Waals surface area contributed by atoms with Crippen molar-refractivity contribution in [1.82, 2.24) is 0 Å². The molecule has 10 aromatic carbocycles. The quantitative estimate of drug-likeness (QED) is 0.157. The van der Waals surface area contributed by atoms with E-state index < -0.39 is 0 Å². The average molecular weight is 887 g/mol. The SMILES string of the molecule is CC1(C)c2ccccc2-c2ccc(N(c3ccccc3)c3ccc(-c4c5c(cc6ccccc46)C(C)(C)c4cc(N(c6ccccc6)c6ccc7c(c6)C(C)(C)c6ccccc6-7)ccc4-5)cc3)cc21. The molecule has 69 heavy (non-hydrogen) atoms. The number of rotatable bonds is 7. The van der Waals surface area contributed by atoms with Crippen molar-refractivity contribution in [2.24, 2.45) is 0 Å². The summed E-state index contributed by atoms with van der Waals surface area (Å²) in [6, 6.07) is 81.6. The normalized spacial score (nSPS) is 14.9. The van der Waals surface area contributed by atoms with Gasteiger partial charge in [0.2, 0.25) is 0 Å². The Morgan fingerprint density at radius 3 is 1.17 bits per heavy atom. The van der Waals surface area contributed by atoms with E-state index in [9.17, 15) is 0 Å². The smallest absolute Gasteiger partial charge is 0.0465 e. The number of para-hydroxylation sites is 2. The molecule has 13 rings (SSSR count). The highest BCUT2D eigenvalue weighted by Crippen LogP contribution is 2.57. The third-order valence-corrected chi connectivity index (χ3v) is 16.0. The fraction of sp³-hybridized carbons (Fsp3) is 0.134. The van der Waals surface area contributed by atoms with E-state index in [-0.39, 0.29) is 16.2 Å². The van der Waals surface area contributed by atoms with Crippen LogP contribution in [-0.4, -0.2) is 0 Å². The maximum Gasteiger partial charge on any atom is 0.0465 e. The van der Waals surface area contributed by atoms with Gasteiger partial charge in [0.05, 0.1) is 0 Å². The first kappa shape index (κ1) is 41.3. The Bertz CT molecular complexity index is 3690. The van der Waals surface area contributed by atoms with Gasteiger partial charge in [0.1, 0.15) is 0 Å². The van der Waals surface area contributed by atoms with E-state index in [0.29, 0.717) is 0 Å². The Morgan fingerprint density at radius 2 is 0.638 bits per heavy atom. The summed E-state index contributed by atoms with van der Waals surface area (Å²) in [5.41, 5.74) is 25.1. The van der Waals surface area contributed by atoms with Crippen molar-refractivity contribution in [2.75, 3.05) is 9.80 Å². The van der Waals surface area contributed by atoms with Gasteiger partial charge in [-0.2, -0.15) is 0 Å². The molecule has 0 atom stereocenters. The van der Waals surface area contributed by atoms with E-state index in [1.54, 1.807) is 0 Å². The topological polar surface area (TPSA) is 6.48 Å². The van der Waals surface area contributed by atoms with Gasteiger partial charge in [-0.3, -0.25) is 0 Å². The van der Waals surface area contributed by atoms with Gasteiger partial charge in [0, 0.05) is 50.4 Å². The monoisotopic (exact) mass is 886 g/mol. The molecule has 2 nitrogen and oxygen atoms in total. The van der Waals surface area contributed by atoms with Gasteiger partial charge in [-0.25, -0.2) is 0 Å². The van der Waals surface area contributed by atoms with Gasteiger partial charge in [-0.1, -0.05) is 181 Å². The summed E-state index contributed by atoms with van der Waals surface area (Å²) >= 11 is 0. The Morgan fingerprint density at radius 1 is 0.261 bits per heavy atom. The zero-order valence-electron chi connectivity index (χ0n) is 40.2. The van der Waals surface area contributed by atoms with Gasteiger partial charge in [0.15, 0.2) is 0 Å². The van der Waals surface area contributed by atoms with Crippen LogP contribution in [0.1, 0.15) is 74.9 Å². The van der Waals surface area contributed by atoms with Crippen LogP contribution in [0.25, 0.3) is 55.3 Å². The molecular weight excluding hydrogens is 833 g/mol. The van der Waals surface area contributed by atoms with E-state index >= 15 is 0 Å². The molecule has 3 aliphatic carbocycles. The van der Waals surface area contributed by atoms with Gasteiger partial charge >= 0.3 is 0 Å². The first-order chi connectivity index (χ1) is 33.5. The molecule has 0 amide bonds. The predicted octanol–water partition coefficient (Wildman–Crippen LogP) is 18.4. The zero-order chi connectivity index (χ0) is 46.8. The molecule has 0 spiro atoms. The fourth-order valence-corrected chi connectivity index (χ4v) is 12.5. The minimum Gasteiger partial charge on any atom is -0.310 e. The van der Waals surface area contributed by atoms with E-state index in [4.69, 9.17) is 0 Å². The van der Waals surface area contributed by atoms with Crippen LogP contribution in [0.2, 0.25) is 0 Å². The first-order valence-electron chi connectivity index (χ1n) is 24.5. The molecule has 0 bridgehead atoms. The summed E-state index contributed by atoms with van der Waals surface area (Å²) in [5, 5.41) is 2.53. The minimum atomic E-state index is -0.256. The van der Waals surface area contributed by atoms with Crippen molar-refractivity contribution in [2.45, 2.75) is 57.8 Å². The number of nitrogens with zero attached hydrogens (tertiary/aromatic N) is 2. The van der Waals surface area contributed by atoms with Crippen LogP contribution >= 0.6 is 0 Å². The molecule has 0 unspecified atom stereocenters. The van der Waals surface area contributed by atoms with Crippen molar-refractivity contribution < 1.29 is 0 Å². The molecule has 0 aliphatic heterocycles. The number of fused-ring (bicyclic) bond motifs is 10. The lowest BCUT2D eigenvalue weighted by Crippen LogP contribution is -2.18. The molecule has 332 valence electrons. The van der Waals surface area contributed by atoms with Crippen molar-refractivity contribution in [3.63, 3.8) is 0 Å². The number of anilines is 6. The summed E-state index contributed by atoms with van der Waals surface area (Å²) in [6.45, 7) is 14.3. The zero-order valence-corrected chi connectivity index (χ0v) is 40.2. The number of hydrogen-bond acceptors (Lipinski definition) is 2. The number of hydrogen-bond donors (Lipinski definition) is 0. The lowest BCUT2D eigenvalue weighted by Gasteiger charge is -2.29. The van der Waals surface area contributed by atoms with Crippen molar-refractivity contribution in [3.8, 4) is 44.5 Å². The minimum absolute atomic E-state index is 0.0977. The molecule has 10 aromatic rings. The Balaban J connectivity index is 0.935. The van der Waals surface area contributed by atoms with Crippen LogP contribution in [-0.2, 0) is 16.2 Å². The Labute approximate surface area is 406 Å². The second kappa shape index (κ2) is 15.0. The maximum atomic E-state index is 2.47. The van der Waals surface area contributed by atoms with Crippen molar-refractivity contribution in [1.29, 1.82) is 0 Å². The van der Waals surface area contributed by atoms with Gasteiger partial charge in [-0.05, 0) is 168 Å². The van der Waals surface area contributed by atoms with Crippen molar-refractivity contribution >= 4 is 44.9 Å². The molecule has 0 heterocycles. The molecule has 0 aromatic heterocycles. The van der Waals surface area contributed by atoms with Gasteiger partial charge in [-0.15, -0.1) is 0 Å². The van der Waals surface area contributed by atoms with Gasteiger partial charge in [0.25, 0.3) is 0 Å². The molecule has 0 radical (unpaired) electrons. The largest absolute Gasteiger partial charge is 0.310 e. The molecule has 0 saturated heterocycles. The lowest BCUT2D eigenvalue weighted by molar-refractivity contribution is 0.660. The lowest BCUT2D eigenvalue weighted by atomic mass is 9.80. The summed E-state index contributed by atoms with van der Waals surface area (Å²) in [6.07, 6.45) is 0. The summed E-state index contributed by atoms with van der Waals surface area (Å²) in [7, 11) is 0. The maximum absolute atomic E-state index is 2.47. The molecular formula is C67H54N2. The highest BCUT2D eigenvalue weighted by Gasteiger charge is 2.40. The highest BCUT2D eigenvalue weighted by molar-refractivity contribution is 6.08. The molecule has 2 heteroatoms. The Hall–Kier alpha value is -7.94. The van der Waals surface area contributed by atoms with Gasteiger partial charge < -0.3 is 9.80 Å². The second-order valence-electron chi connectivity index (χ2n) is 20.9. The summed E-state index contributed by atoms with van der Waals surface area (Å²) in [4.78, 5) is 4.87. The molecule has 0 fully saturated rings. The third kappa shape index (κ3) is 6.11. The molecule has 0 N–H and O–H groups in total. The predicted molar refractivity (Wildman–Crippen MR) is 291 cm³/mol. The van der Waals surface area contributed by atoms with Crippen LogP contribution < -0.4 is 9.80 Å². The molecule has 0 saturated carbocycles. The van der Waals surface area contributed by atoms with Crippen LogP contribution in [0, 0.1) is 0 Å². The summed E-state index contributed by atoms with van der Waals surface area (Å²) < 4.78 is 0. The Kier molecular flexibility index (Phi) is 8.99. The first-order valence-corrected chi connectivity index (χ1v) is 24.5. The standard InChI is InChI=1S/C67H54N2/c1-65(2)57-27-17-15-25-52(57)54-36-33-48(40-59(54)65)68(45-20-9-7-10-21-45)47-31-29-43(30-32-47)63-51-24-14-13-19-44(51)39-62-64(63)56-38-35-50(42-61(56)67(62,5)6)69(46-22-11-8-12-23-46)49-34-37-55-53-26-16-18-28-58(53)66(3,4)60(55)41-49/h7-42H,1-6H3. The van der Waals surface area contributed by atoms with E-state index in [1.165, 1.54) is 94.3 Å². The average Bonchev–Trinajstić information content (AvgIpc) is 3.86. The van der Waals surface area contributed by atoms with Crippen LogP contribution in [0.4, 0.5) is 34.1 Å². The van der Waals surface area contributed by atoms with Crippen LogP contribution in [0.15, 0.2) is 218 Å². The van der Waals surface area contributed by atoms with E-state index in [1.807, 2.05) is 0 Å². The fourth-order valence-electron chi connectivity index (χ4n) is 12.5. The van der Waals surface area contributed by atoms with E-state index in [0.717, 1.165) is 28.4 Å². The van der Waals surface area contributed by atoms with E-state index in [2.05, 4.69) is 270 Å². The molecule has 3 aliphatic rings. The summed E-state index contributed by atoms with van der Waals surface area (Å²) in [5.74, 6) is 0. The number of benzene rings is 10. The highest BCUT2D eigenvalue weighted by atomic mass is 15.1. The van der Waals surface area contributed by atoms with Crippen LogP contribution in [0.3, 0.4) is 0 Å². The third-order valence-electron chi connectivity index (χ3n) is 16.0.